The van der Waals surface area contributed by atoms with Crippen molar-refractivity contribution in [3.63, 3.8) is 0 Å². The van der Waals surface area contributed by atoms with Crippen molar-refractivity contribution in [3.05, 3.63) is 168 Å². The molecule has 0 N–H and O–H groups in total. The third-order valence-corrected chi connectivity index (χ3v) is 7.83. The number of hydrogen-bond donors (Lipinski definition) is 0. The van der Waals surface area contributed by atoms with E-state index in [0.717, 1.165) is 45.6 Å². The average molecular weight is 565 g/mol. The van der Waals surface area contributed by atoms with E-state index in [9.17, 15) is 0 Å². The molecule has 3 heteroatoms. The van der Waals surface area contributed by atoms with E-state index in [2.05, 4.69) is 163 Å². The van der Waals surface area contributed by atoms with E-state index < -0.39 is 0 Å². The van der Waals surface area contributed by atoms with Gasteiger partial charge in [-0.2, -0.15) is 0 Å². The molecule has 42 heavy (non-hydrogen) atoms. The molecule has 0 saturated heterocycles. The summed E-state index contributed by atoms with van der Waals surface area (Å²) < 4.78 is 0. The van der Waals surface area contributed by atoms with Crippen LogP contribution in [0.2, 0.25) is 5.02 Å². The molecule has 0 saturated carbocycles. The van der Waals surface area contributed by atoms with Gasteiger partial charge in [0.05, 0.1) is 0 Å². The van der Waals surface area contributed by atoms with Crippen LogP contribution in [0.1, 0.15) is 18.1 Å². The fourth-order valence-corrected chi connectivity index (χ4v) is 5.37. The smallest absolute Gasteiger partial charge is 0.0462 e. The molecule has 0 atom stereocenters. The van der Waals surface area contributed by atoms with Gasteiger partial charge in [0.2, 0.25) is 0 Å². The first kappa shape index (κ1) is 27.4. The molecule has 206 valence electrons. The van der Waals surface area contributed by atoms with Crippen LogP contribution < -0.4 is 9.80 Å². The highest BCUT2D eigenvalue weighted by atomic mass is 35.5. The predicted molar refractivity (Wildman–Crippen MR) is 180 cm³/mol. The lowest BCUT2D eigenvalue weighted by Gasteiger charge is -2.26. The summed E-state index contributed by atoms with van der Waals surface area (Å²) in [5, 5.41) is 0.729. The quantitative estimate of drug-likeness (QED) is 0.181. The lowest BCUT2D eigenvalue weighted by molar-refractivity contribution is 1.14. The van der Waals surface area contributed by atoms with Crippen LogP contribution in [0.25, 0.3) is 11.1 Å². The summed E-state index contributed by atoms with van der Waals surface area (Å²) in [7, 11) is 0. The van der Waals surface area contributed by atoms with Crippen LogP contribution in [0.3, 0.4) is 0 Å². The zero-order valence-corrected chi connectivity index (χ0v) is 24.7. The average Bonchev–Trinajstić information content (AvgIpc) is 3.05. The third-order valence-electron chi connectivity index (χ3n) is 7.58. The summed E-state index contributed by atoms with van der Waals surface area (Å²) in [5.74, 6) is 0. The standard InChI is InChI=1S/C39H33ClN2/c1-3-30-11-21-36(22-12-30)42(39-27-17-33(40)18-28-39)38-25-15-32(16-26-38)31-13-23-37(24-14-31)41(34-7-5-4-6-8-34)35-19-9-29(2)10-20-35/h4-28H,3H2,1-2H3. The number of rotatable bonds is 8. The number of para-hydroxylation sites is 1. The zero-order chi connectivity index (χ0) is 28.9. The second-order valence-corrected chi connectivity index (χ2v) is 10.9. The van der Waals surface area contributed by atoms with Crippen molar-refractivity contribution in [2.45, 2.75) is 20.3 Å². The largest absolute Gasteiger partial charge is 0.311 e. The first-order valence-electron chi connectivity index (χ1n) is 14.4. The topological polar surface area (TPSA) is 6.48 Å². The Balaban J connectivity index is 1.31. The Morgan fingerprint density at radius 1 is 0.429 bits per heavy atom. The molecule has 0 heterocycles. The van der Waals surface area contributed by atoms with Crippen molar-refractivity contribution >= 4 is 45.7 Å². The van der Waals surface area contributed by atoms with Crippen LogP contribution in [-0.2, 0) is 6.42 Å². The lowest BCUT2D eigenvalue weighted by Crippen LogP contribution is -2.10. The van der Waals surface area contributed by atoms with Crippen LogP contribution in [0.4, 0.5) is 34.1 Å². The van der Waals surface area contributed by atoms with E-state index in [0.29, 0.717) is 0 Å². The summed E-state index contributed by atoms with van der Waals surface area (Å²) in [4.78, 5) is 4.56. The summed E-state index contributed by atoms with van der Waals surface area (Å²) >= 11 is 6.22. The van der Waals surface area contributed by atoms with Gasteiger partial charge < -0.3 is 9.80 Å². The van der Waals surface area contributed by atoms with Crippen LogP contribution in [-0.4, -0.2) is 0 Å². The SMILES string of the molecule is CCc1ccc(N(c2ccc(Cl)cc2)c2ccc(-c3ccc(N(c4ccccc4)c4ccc(C)cc4)cc3)cc2)cc1. The number of hydrogen-bond acceptors (Lipinski definition) is 2. The van der Waals surface area contributed by atoms with Gasteiger partial charge in [-0.3, -0.25) is 0 Å². The van der Waals surface area contributed by atoms with E-state index in [1.807, 2.05) is 12.1 Å². The minimum atomic E-state index is 0.729. The van der Waals surface area contributed by atoms with Gasteiger partial charge in [-0.15, -0.1) is 0 Å². The molecule has 0 unspecified atom stereocenters. The van der Waals surface area contributed by atoms with Crippen molar-refractivity contribution < 1.29 is 0 Å². The fraction of sp³-hybridized carbons (Fsp3) is 0.0769. The molecule has 6 aromatic carbocycles. The van der Waals surface area contributed by atoms with Crippen molar-refractivity contribution in [2.24, 2.45) is 0 Å². The second-order valence-electron chi connectivity index (χ2n) is 10.4. The minimum absolute atomic E-state index is 0.729. The molecule has 0 aromatic heterocycles. The Morgan fingerprint density at radius 3 is 1.21 bits per heavy atom. The molecule has 0 fully saturated rings. The second kappa shape index (κ2) is 12.4. The van der Waals surface area contributed by atoms with Crippen molar-refractivity contribution in [1.29, 1.82) is 0 Å². The van der Waals surface area contributed by atoms with Crippen molar-refractivity contribution in [1.82, 2.24) is 0 Å². The molecule has 2 nitrogen and oxygen atoms in total. The van der Waals surface area contributed by atoms with Gasteiger partial charge in [0, 0.05) is 39.1 Å². The van der Waals surface area contributed by atoms with E-state index in [1.54, 1.807) is 0 Å². The number of benzene rings is 6. The molecule has 0 aliphatic carbocycles. The van der Waals surface area contributed by atoms with E-state index >= 15 is 0 Å². The number of nitrogens with zero attached hydrogens (tertiary/aromatic N) is 2. The van der Waals surface area contributed by atoms with Gasteiger partial charge >= 0.3 is 0 Å². The van der Waals surface area contributed by atoms with Gasteiger partial charge in [0.1, 0.15) is 0 Å². The van der Waals surface area contributed by atoms with Gasteiger partial charge in [0.15, 0.2) is 0 Å². The minimum Gasteiger partial charge on any atom is -0.311 e. The van der Waals surface area contributed by atoms with Crippen molar-refractivity contribution in [3.8, 4) is 11.1 Å². The number of aryl methyl sites for hydroxylation is 2. The van der Waals surface area contributed by atoms with Crippen LogP contribution in [0.15, 0.2) is 152 Å². The summed E-state index contributed by atoms with van der Waals surface area (Å²) in [6.45, 7) is 4.30. The molecular formula is C39H33ClN2. The molecular weight excluding hydrogens is 532 g/mol. The van der Waals surface area contributed by atoms with Gasteiger partial charge in [-0.1, -0.05) is 90.8 Å². The first-order chi connectivity index (χ1) is 20.6. The third kappa shape index (κ3) is 5.95. The molecule has 0 aliphatic rings. The zero-order valence-electron chi connectivity index (χ0n) is 23.9. The van der Waals surface area contributed by atoms with Gasteiger partial charge in [0.25, 0.3) is 0 Å². The molecule has 0 amide bonds. The highest BCUT2D eigenvalue weighted by molar-refractivity contribution is 6.30. The number of anilines is 6. The molecule has 6 aromatic rings. The Hall–Kier alpha value is -4.79. The lowest BCUT2D eigenvalue weighted by atomic mass is 10.0. The normalized spacial score (nSPS) is 10.8. The molecule has 0 radical (unpaired) electrons. The summed E-state index contributed by atoms with van der Waals surface area (Å²) in [6, 6.07) is 53.5. The maximum Gasteiger partial charge on any atom is 0.0462 e. The summed E-state index contributed by atoms with van der Waals surface area (Å²) in [5.41, 5.74) is 11.6. The predicted octanol–water partition coefficient (Wildman–Crippen LogP) is 11.8. The highest BCUT2D eigenvalue weighted by Crippen LogP contribution is 2.38. The van der Waals surface area contributed by atoms with Crippen molar-refractivity contribution in [2.75, 3.05) is 9.80 Å². The monoisotopic (exact) mass is 564 g/mol. The van der Waals surface area contributed by atoms with Crippen LogP contribution in [0, 0.1) is 6.92 Å². The fourth-order valence-electron chi connectivity index (χ4n) is 5.24. The van der Waals surface area contributed by atoms with Crippen LogP contribution >= 0.6 is 11.6 Å². The Labute approximate surface area is 254 Å². The highest BCUT2D eigenvalue weighted by Gasteiger charge is 2.14. The maximum absolute atomic E-state index is 6.22. The molecule has 0 bridgehead atoms. The summed E-state index contributed by atoms with van der Waals surface area (Å²) in [6.07, 6.45) is 1.02. The number of halogens is 1. The van der Waals surface area contributed by atoms with Gasteiger partial charge in [-0.25, -0.2) is 0 Å². The Morgan fingerprint density at radius 2 is 0.786 bits per heavy atom. The molecule has 0 aliphatic heterocycles. The van der Waals surface area contributed by atoms with E-state index in [1.165, 1.54) is 22.3 Å². The molecule has 0 spiro atoms. The van der Waals surface area contributed by atoms with E-state index in [4.69, 9.17) is 11.6 Å². The van der Waals surface area contributed by atoms with Gasteiger partial charge in [-0.05, 0) is 115 Å². The Kier molecular flexibility index (Phi) is 8.07. The Bertz CT molecular complexity index is 1730. The maximum atomic E-state index is 6.22. The van der Waals surface area contributed by atoms with Crippen LogP contribution in [0.5, 0.6) is 0 Å². The molecule has 6 rings (SSSR count). The first-order valence-corrected chi connectivity index (χ1v) is 14.7. The van der Waals surface area contributed by atoms with E-state index in [-0.39, 0.29) is 0 Å².